The molecule has 4 nitrogen and oxygen atoms in total. The van der Waals surface area contributed by atoms with Gasteiger partial charge in [0.1, 0.15) is 0 Å². The van der Waals surface area contributed by atoms with E-state index in [1.54, 1.807) is 17.5 Å². The summed E-state index contributed by atoms with van der Waals surface area (Å²) in [5.41, 5.74) is 1.94. The number of hydrogen-bond donors (Lipinski definition) is 0. The summed E-state index contributed by atoms with van der Waals surface area (Å²) in [6.07, 6.45) is 4.57. The second kappa shape index (κ2) is 3.75. The molecule has 1 aromatic heterocycles. The van der Waals surface area contributed by atoms with Gasteiger partial charge in [0.05, 0.1) is 13.2 Å². The molecule has 0 radical (unpaired) electrons. The van der Waals surface area contributed by atoms with E-state index in [0.717, 1.165) is 30.7 Å². The van der Waals surface area contributed by atoms with Gasteiger partial charge in [-0.3, -0.25) is 4.84 Å². The first-order valence-electron chi connectivity index (χ1n) is 4.66. The van der Waals surface area contributed by atoms with Gasteiger partial charge in [-0.05, 0) is 18.9 Å². The van der Waals surface area contributed by atoms with E-state index in [9.17, 15) is 0 Å². The first-order valence-corrected chi connectivity index (χ1v) is 4.66. The van der Waals surface area contributed by atoms with Crippen LogP contribution >= 0.6 is 0 Å². The average Bonchev–Trinajstić information content (AvgIpc) is 2.71. The SMILES string of the molecule is C=C(C)c1cnc(N2CCCO2)nc1. The Kier molecular flexibility index (Phi) is 2.45. The minimum Gasteiger partial charge on any atom is -0.271 e. The zero-order valence-electron chi connectivity index (χ0n) is 8.23. The van der Waals surface area contributed by atoms with Crippen molar-refractivity contribution in [3.63, 3.8) is 0 Å². The molecule has 2 rings (SSSR count). The number of hydroxylamine groups is 1. The number of rotatable bonds is 2. The van der Waals surface area contributed by atoms with Crippen molar-refractivity contribution in [1.82, 2.24) is 9.97 Å². The Morgan fingerprint density at radius 2 is 2.21 bits per heavy atom. The quantitative estimate of drug-likeness (QED) is 0.712. The molecule has 2 heterocycles. The molecule has 1 saturated heterocycles. The zero-order valence-corrected chi connectivity index (χ0v) is 8.23. The minimum absolute atomic E-state index is 0.632. The fourth-order valence-corrected chi connectivity index (χ4v) is 1.28. The second-order valence-electron chi connectivity index (χ2n) is 3.34. The van der Waals surface area contributed by atoms with E-state index in [4.69, 9.17) is 4.84 Å². The maximum atomic E-state index is 5.33. The van der Waals surface area contributed by atoms with E-state index in [0.29, 0.717) is 5.95 Å². The molecule has 0 spiro atoms. The van der Waals surface area contributed by atoms with Crippen molar-refractivity contribution in [1.29, 1.82) is 0 Å². The Balaban J connectivity index is 2.16. The molecule has 14 heavy (non-hydrogen) atoms. The Morgan fingerprint density at radius 1 is 1.50 bits per heavy atom. The van der Waals surface area contributed by atoms with Crippen LogP contribution in [0.3, 0.4) is 0 Å². The molecule has 0 atom stereocenters. The van der Waals surface area contributed by atoms with Gasteiger partial charge in [0.2, 0.25) is 5.95 Å². The Hall–Kier alpha value is -1.42. The van der Waals surface area contributed by atoms with Gasteiger partial charge in [-0.2, -0.15) is 0 Å². The van der Waals surface area contributed by atoms with Crippen LogP contribution in [0, 0.1) is 0 Å². The van der Waals surface area contributed by atoms with E-state index < -0.39 is 0 Å². The molecule has 0 saturated carbocycles. The molecule has 1 aliphatic heterocycles. The first-order chi connectivity index (χ1) is 6.77. The van der Waals surface area contributed by atoms with Crippen molar-refractivity contribution < 1.29 is 4.84 Å². The third-order valence-corrected chi connectivity index (χ3v) is 2.11. The first kappa shape index (κ1) is 9.15. The largest absolute Gasteiger partial charge is 0.271 e. The molecule has 1 aliphatic rings. The van der Waals surface area contributed by atoms with E-state index in [2.05, 4.69) is 16.5 Å². The standard InChI is InChI=1S/C10H13N3O/c1-8(2)9-6-11-10(12-7-9)13-4-3-5-14-13/h6-7H,1,3-5H2,2H3. The molecular weight excluding hydrogens is 178 g/mol. The summed E-state index contributed by atoms with van der Waals surface area (Å²) in [6.45, 7) is 7.39. The van der Waals surface area contributed by atoms with Crippen LogP contribution in [0.15, 0.2) is 19.0 Å². The molecule has 0 aliphatic carbocycles. The lowest BCUT2D eigenvalue weighted by Gasteiger charge is -2.13. The smallest absolute Gasteiger partial charge is 0.249 e. The van der Waals surface area contributed by atoms with Crippen molar-refractivity contribution in [3.05, 3.63) is 24.5 Å². The summed E-state index contributed by atoms with van der Waals surface area (Å²) in [4.78, 5) is 13.7. The summed E-state index contributed by atoms with van der Waals surface area (Å²) in [5, 5.41) is 1.72. The molecule has 0 bridgehead atoms. The summed E-state index contributed by atoms with van der Waals surface area (Å²) in [5.74, 6) is 0.632. The Morgan fingerprint density at radius 3 is 2.71 bits per heavy atom. The van der Waals surface area contributed by atoms with Crippen LogP contribution in [0.5, 0.6) is 0 Å². The van der Waals surface area contributed by atoms with Crippen molar-refractivity contribution in [3.8, 4) is 0 Å². The maximum absolute atomic E-state index is 5.33. The second-order valence-corrected chi connectivity index (χ2v) is 3.34. The van der Waals surface area contributed by atoms with Gasteiger partial charge in [0.15, 0.2) is 0 Å². The molecule has 0 amide bonds. The predicted molar refractivity (Wildman–Crippen MR) is 54.7 cm³/mol. The number of nitrogens with zero attached hydrogens (tertiary/aromatic N) is 3. The van der Waals surface area contributed by atoms with Crippen LogP contribution in [-0.2, 0) is 4.84 Å². The molecule has 0 unspecified atom stereocenters. The van der Waals surface area contributed by atoms with E-state index in [1.165, 1.54) is 0 Å². The lowest BCUT2D eigenvalue weighted by molar-refractivity contribution is 0.164. The van der Waals surface area contributed by atoms with Gasteiger partial charge >= 0.3 is 0 Å². The number of allylic oxidation sites excluding steroid dienone is 1. The molecular formula is C10H13N3O. The fraction of sp³-hybridized carbons (Fsp3) is 0.400. The van der Waals surface area contributed by atoms with Gasteiger partial charge in [-0.25, -0.2) is 15.0 Å². The van der Waals surface area contributed by atoms with Crippen molar-refractivity contribution in [2.24, 2.45) is 0 Å². The van der Waals surface area contributed by atoms with Gasteiger partial charge in [0.25, 0.3) is 0 Å². The summed E-state index contributed by atoms with van der Waals surface area (Å²) in [6, 6.07) is 0. The van der Waals surface area contributed by atoms with Crippen molar-refractivity contribution in [2.45, 2.75) is 13.3 Å². The molecule has 4 heteroatoms. The molecule has 0 aromatic carbocycles. The van der Waals surface area contributed by atoms with Crippen LogP contribution < -0.4 is 5.06 Å². The third-order valence-electron chi connectivity index (χ3n) is 2.11. The average molecular weight is 191 g/mol. The van der Waals surface area contributed by atoms with Crippen LogP contribution in [0.4, 0.5) is 5.95 Å². The highest BCUT2D eigenvalue weighted by Gasteiger charge is 2.15. The van der Waals surface area contributed by atoms with E-state index in [-0.39, 0.29) is 0 Å². The molecule has 1 fully saturated rings. The van der Waals surface area contributed by atoms with Crippen LogP contribution in [0.1, 0.15) is 18.9 Å². The molecule has 74 valence electrons. The van der Waals surface area contributed by atoms with Gasteiger partial charge in [-0.1, -0.05) is 6.58 Å². The molecule has 0 N–H and O–H groups in total. The highest BCUT2D eigenvalue weighted by Crippen LogP contribution is 2.15. The van der Waals surface area contributed by atoms with Crippen LogP contribution in [0.25, 0.3) is 5.57 Å². The van der Waals surface area contributed by atoms with Crippen molar-refractivity contribution >= 4 is 11.5 Å². The topological polar surface area (TPSA) is 38.2 Å². The third kappa shape index (κ3) is 1.75. The number of anilines is 1. The van der Waals surface area contributed by atoms with E-state index in [1.807, 2.05) is 6.92 Å². The van der Waals surface area contributed by atoms with Gasteiger partial charge in [-0.15, -0.1) is 0 Å². The van der Waals surface area contributed by atoms with Crippen LogP contribution in [-0.4, -0.2) is 23.1 Å². The maximum Gasteiger partial charge on any atom is 0.249 e. The van der Waals surface area contributed by atoms with Crippen LogP contribution in [0.2, 0.25) is 0 Å². The Labute approximate surface area is 83.2 Å². The number of hydrogen-bond acceptors (Lipinski definition) is 4. The van der Waals surface area contributed by atoms with E-state index >= 15 is 0 Å². The summed E-state index contributed by atoms with van der Waals surface area (Å²) < 4.78 is 0. The number of aromatic nitrogens is 2. The van der Waals surface area contributed by atoms with Crippen molar-refractivity contribution in [2.75, 3.05) is 18.2 Å². The Bertz CT molecular complexity index is 328. The summed E-state index contributed by atoms with van der Waals surface area (Å²) in [7, 11) is 0. The lowest BCUT2D eigenvalue weighted by atomic mass is 10.2. The van der Waals surface area contributed by atoms with Gasteiger partial charge < -0.3 is 0 Å². The predicted octanol–water partition coefficient (Wildman–Crippen LogP) is 1.65. The normalized spacial score (nSPS) is 15.9. The fourth-order valence-electron chi connectivity index (χ4n) is 1.28. The van der Waals surface area contributed by atoms with Gasteiger partial charge in [0, 0.05) is 18.0 Å². The monoisotopic (exact) mass is 191 g/mol. The summed E-state index contributed by atoms with van der Waals surface area (Å²) >= 11 is 0. The minimum atomic E-state index is 0.632. The zero-order chi connectivity index (χ0) is 9.97. The lowest BCUT2D eigenvalue weighted by Crippen LogP contribution is -2.18. The highest BCUT2D eigenvalue weighted by molar-refractivity contribution is 5.59. The molecule has 1 aromatic rings. The highest BCUT2D eigenvalue weighted by atomic mass is 16.7.